The van der Waals surface area contributed by atoms with Gasteiger partial charge in [0, 0.05) is 44.1 Å². The van der Waals surface area contributed by atoms with Crippen molar-refractivity contribution in [2.24, 2.45) is 0 Å². The molecule has 0 spiro atoms. The van der Waals surface area contributed by atoms with Crippen LogP contribution in [0.5, 0.6) is 0 Å². The van der Waals surface area contributed by atoms with Gasteiger partial charge in [0.15, 0.2) is 5.82 Å². The van der Waals surface area contributed by atoms with Gasteiger partial charge in [0.2, 0.25) is 0 Å². The third-order valence-electron chi connectivity index (χ3n) is 5.27. The lowest BCUT2D eigenvalue weighted by Gasteiger charge is -2.36. The van der Waals surface area contributed by atoms with E-state index in [1.165, 1.54) is 0 Å². The highest BCUT2D eigenvalue weighted by Crippen LogP contribution is 2.25. The van der Waals surface area contributed by atoms with Crippen molar-refractivity contribution in [3.63, 3.8) is 0 Å². The summed E-state index contributed by atoms with van der Waals surface area (Å²) in [7, 11) is 0. The number of hydrogen-bond donors (Lipinski definition) is 1. The molecule has 1 aliphatic rings. The Bertz CT molecular complexity index is 1170. The minimum atomic E-state index is 0.748. The zero-order chi connectivity index (χ0) is 20.0. The van der Waals surface area contributed by atoms with Gasteiger partial charge in [0.1, 0.15) is 29.4 Å². The normalized spacial score (nSPS) is 14.7. The number of nitrogens with zero attached hydrogens (tertiary/aromatic N) is 8. The quantitative estimate of drug-likeness (QED) is 0.574. The molecular weight excluding hydrogens is 366 g/mol. The SMILES string of the molecule is Cc1cc(C)n(-c2cc(N3CCN(c4ncnc5[nH]ccc45)CC3)nc(C)n2)n1. The number of H-pyrrole nitrogens is 1. The Morgan fingerprint density at radius 1 is 0.897 bits per heavy atom. The van der Waals surface area contributed by atoms with Crippen molar-refractivity contribution in [2.75, 3.05) is 36.0 Å². The largest absolute Gasteiger partial charge is 0.353 e. The summed E-state index contributed by atoms with van der Waals surface area (Å²) in [6, 6.07) is 6.11. The number of aryl methyl sites for hydroxylation is 3. The van der Waals surface area contributed by atoms with Gasteiger partial charge in [-0.15, -0.1) is 0 Å². The van der Waals surface area contributed by atoms with E-state index in [0.29, 0.717) is 0 Å². The molecule has 9 nitrogen and oxygen atoms in total. The van der Waals surface area contributed by atoms with Crippen molar-refractivity contribution in [1.29, 1.82) is 0 Å². The fourth-order valence-electron chi connectivity index (χ4n) is 3.93. The fraction of sp³-hybridized carbons (Fsp3) is 0.350. The highest BCUT2D eigenvalue weighted by atomic mass is 15.3. The van der Waals surface area contributed by atoms with Crippen molar-refractivity contribution in [3.8, 4) is 5.82 Å². The van der Waals surface area contributed by atoms with Crippen LogP contribution in [0.2, 0.25) is 0 Å². The lowest BCUT2D eigenvalue weighted by Crippen LogP contribution is -2.47. The molecule has 29 heavy (non-hydrogen) atoms. The Morgan fingerprint density at radius 3 is 2.41 bits per heavy atom. The highest BCUT2D eigenvalue weighted by molar-refractivity contribution is 5.87. The summed E-state index contributed by atoms with van der Waals surface area (Å²) in [5.41, 5.74) is 2.92. The smallest absolute Gasteiger partial charge is 0.159 e. The van der Waals surface area contributed by atoms with Crippen LogP contribution in [0.15, 0.2) is 30.7 Å². The van der Waals surface area contributed by atoms with Crippen molar-refractivity contribution in [3.05, 3.63) is 47.9 Å². The fourth-order valence-corrected chi connectivity index (χ4v) is 3.93. The van der Waals surface area contributed by atoms with Crippen molar-refractivity contribution in [2.45, 2.75) is 20.8 Å². The molecule has 1 saturated heterocycles. The Labute approximate surface area is 168 Å². The van der Waals surface area contributed by atoms with Gasteiger partial charge in [-0.25, -0.2) is 24.6 Å². The van der Waals surface area contributed by atoms with E-state index in [-0.39, 0.29) is 0 Å². The number of aromatic nitrogens is 7. The van der Waals surface area contributed by atoms with Gasteiger partial charge in [-0.2, -0.15) is 5.10 Å². The number of aromatic amines is 1. The minimum absolute atomic E-state index is 0.748. The summed E-state index contributed by atoms with van der Waals surface area (Å²) in [6.07, 6.45) is 3.53. The molecule has 0 atom stereocenters. The van der Waals surface area contributed by atoms with Crippen LogP contribution in [-0.4, -0.2) is 60.9 Å². The third kappa shape index (κ3) is 3.18. The van der Waals surface area contributed by atoms with Gasteiger partial charge in [-0.3, -0.25) is 0 Å². The lowest BCUT2D eigenvalue weighted by molar-refractivity contribution is 0.640. The van der Waals surface area contributed by atoms with Gasteiger partial charge >= 0.3 is 0 Å². The van der Waals surface area contributed by atoms with Crippen LogP contribution in [0.4, 0.5) is 11.6 Å². The van der Waals surface area contributed by atoms with Crippen LogP contribution in [0.3, 0.4) is 0 Å². The second kappa shape index (κ2) is 6.84. The Balaban J connectivity index is 1.38. The maximum absolute atomic E-state index is 4.68. The number of anilines is 2. The number of nitrogens with one attached hydrogen (secondary N) is 1. The summed E-state index contributed by atoms with van der Waals surface area (Å²) in [5.74, 6) is 3.48. The molecule has 1 aliphatic heterocycles. The summed E-state index contributed by atoms with van der Waals surface area (Å²) in [4.78, 5) is 25.9. The second-order valence-electron chi connectivity index (χ2n) is 7.38. The molecule has 1 fully saturated rings. The number of rotatable bonds is 3. The van der Waals surface area contributed by atoms with E-state index in [4.69, 9.17) is 0 Å². The maximum Gasteiger partial charge on any atom is 0.159 e. The summed E-state index contributed by atoms with van der Waals surface area (Å²) < 4.78 is 1.88. The molecule has 4 aromatic rings. The van der Waals surface area contributed by atoms with E-state index in [2.05, 4.69) is 45.9 Å². The van der Waals surface area contributed by atoms with Crippen molar-refractivity contribution < 1.29 is 0 Å². The van der Waals surface area contributed by atoms with E-state index in [9.17, 15) is 0 Å². The lowest BCUT2D eigenvalue weighted by atomic mass is 10.2. The number of hydrogen-bond acceptors (Lipinski definition) is 7. The van der Waals surface area contributed by atoms with Gasteiger partial charge < -0.3 is 14.8 Å². The molecule has 4 aromatic heterocycles. The second-order valence-corrected chi connectivity index (χ2v) is 7.38. The molecule has 0 saturated carbocycles. The number of piperazine rings is 1. The molecule has 0 radical (unpaired) electrons. The topological polar surface area (TPSA) is 91.7 Å². The first-order valence-corrected chi connectivity index (χ1v) is 9.76. The summed E-state index contributed by atoms with van der Waals surface area (Å²) in [5, 5.41) is 5.63. The van der Waals surface area contributed by atoms with Gasteiger partial charge in [0.25, 0.3) is 0 Å². The third-order valence-corrected chi connectivity index (χ3v) is 5.27. The molecule has 0 bridgehead atoms. The van der Waals surface area contributed by atoms with E-state index < -0.39 is 0 Å². The van der Waals surface area contributed by atoms with Crippen LogP contribution in [-0.2, 0) is 0 Å². The predicted octanol–water partition coefficient (Wildman–Crippen LogP) is 2.19. The molecule has 5 heterocycles. The van der Waals surface area contributed by atoms with Crippen LogP contribution in [0.1, 0.15) is 17.2 Å². The molecule has 1 N–H and O–H groups in total. The Kier molecular flexibility index (Phi) is 4.15. The van der Waals surface area contributed by atoms with Gasteiger partial charge in [0.05, 0.1) is 11.1 Å². The van der Waals surface area contributed by atoms with E-state index in [0.717, 1.165) is 71.9 Å². The average Bonchev–Trinajstić information content (AvgIpc) is 3.33. The minimum Gasteiger partial charge on any atom is -0.353 e. The molecular formula is C20H23N9. The molecule has 0 unspecified atom stereocenters. The van der Waals surface area contributed by atoms with E-state index >= 15 is 0 Å². The van der Waals surface area contributed by atoms with Crippen LogP contribution in [0, 0.1) is 20.8 Å². The molecule has 148 valence electrons. The van der Waals surface area contributed by atoms with E-state index in [1.807, 2.05) is 43.8 Å². The first-order chi connectivity index (χ1) is 14.1. The molecule has 5 rings (SSSR count). The van der Waals surface area contributed by atoms with Crippen LogP contribution in [0.25, 0.3) is 16.9 Å². The summed E-state index contributed by atoms with van der Waals surface area (Å²) >= 11 is 0. The first-order valence-electron chi connectivity index (χ1n) is 9.76. The Hall–Kier alpha value is -3.49. The van der Waals surface area contributed by atoms with Gasteiger partial charge in [-0.05, 0) is 32.9 Å². The molecule has 0 aliphatic carbocycles. The zero-order valence-corrected chi connectivity index (χ0v) is 16.8. The van der Waals surface area contributed by atoms with E-state index in [1.54, 1.807) is 6.33 Å². The maximum atomic E-state index is 4.68. The standard InChI is InChI=1S/C20H23N9/c1-13-10-14(2)29(26-13)18-11-17(24-15(3)25-18)27-6-8-28(9-7-27)20-16-4-5-21-19(16)22-12-23-20/h4-5,10-12H,6-9H2,1-3H3,(H,21,22,23). The average molecular weight is 389 g/mol. The monoisotopic (exact) mass is 389 g/mol. The van der Waals surface area contributed by atoms with Crippen molar-refractivity contribution >= 4 is 22.7 Å². The predicted molar refractivity (Wildman–Crippen MR) is 112 cm³/mol. The molecule has 0 aromatic carbocycles. The van der Waals surface area contributed by atoms with Gasteiger partial charge in [-0.1, -0.05) is 0 Å². The Morgan fingerprint density at radius 2 is 1.66 bits per heavy atom. The zero-order valence-electron chi connectivity index (χ0n) is 16.8. The number of fused-ring (bicyclic) bond motifs is 1. The van der Waals surface area contributed by atoms with Crippen LogP contribution >= 0.6 is 0 Å². The van der Waals surface area contributed by atoms with Crippen LogP contribution < -0.4 is 9.80 Å². The molecule has 9 heteroatoms. The highest BCUT2D eigenvalue weighted by Gasteiger charge is 2.22. The van der Waals surface area contributed by atoms with Crippen molar-refractivity contribution in [1.82, 2.24) is 34.7 Å². The first kappa shape index (κ1) is 17.6. The molecule has 0 amide bonds. The summed E-state index contributed by atoms with van der Waals surface area (Å²) in [6.45, 7) is 9.43.